The molecule has 7 heavy (non-hydrogen) atoms. The van der Waals surface area contributed by atoms with Crippen LogP contribution in [0.5, 0.6) is 0 Å². The van der Waals surface area contributed by atoms with Gasteiger partial charge in [0.15, 0.2) is 0 Å². The first-order valence-corrected chi connectivity index (χ1v) is 4.35. The molecule has 0 aromatic heterocycles. The lowest BCUT2D eigenvalue weighted by atomic mass is 10.4. The highest BCUT2D eigenvalue weighted by Gasteiger charge is 2.12. The van der Waals surface area contributed by atoms with Crippen molar-refractivity contribution in [3.8, 4) is 0 Å². The fraction of sp³-hybridized carbons (Fsp3) is 1.00. The molecule has 0 aromatic rings. The van der Waals surface area contributed by atoms with Crippen molar-refractivity contribution >= 4 is 8.15 Å². The lowest BCUT2D eigenvalue weighted by Gasteiger charge is -2.02. The van der Waals surface area contributed by atoms with E-state index in [1.807, 2.05) is 7.11 Å². The highest BCUT2D eigenvalue weighted by Crippen LogP contribution is 2.42. The van der Waals surface area contributed by atoms with Crippen LogP contribution in [-0.4, -0.2) is 19.4 Å². The minimum atomic E-state index is 0.0571. The Labute approximate surface area is 45.9 Å². The van der Waals surface area contributed by atoms with Crippen LogP contribution in [0.15, 0.2) is 0 Å². The first-order chi connectivity index (χ1) is 3.43. The second kappa shape index (κ2) is 2.64. The van der Waals surface area contributed by atoms with Gasteiger partial charge in [-0.3, -0.25) is 0 Å². The Morgan fingerprint density at radius 3 is 2.14 bits per heavy atom. The first kappa shape index (κ1) is 5.53. The molecule has 0 aromatic carbocycles. The van der Waals surface area contributed by atoms with E-state index >= 15 is 0 Å². The molecule has 1 heterocycles. The summed E-state index contributed by atoms with van der Waals surface area (Å²) in [5, 5.41) is 0. The van der Waals surface area contributed by atoms with Gasteiger partial charge in [-0.25, -0.2) is 0 Å². The molecular weight excluding hydrogens is 107 g/mol. The van der Waals surface area contributed by atoms with Gasteiger partial charge in [0.1, 0.15) is 0 Å². The van der Waals surface area contributed by atoms with Crippen molar-refractivity contribution in [3.63, 3.8) is 0 Å². The SMILES string of the molecule is COP1CCCC1. The molecule has 1 rings (SSSR count). The Balaban J connectivity index is 2.14. The molecule has 0 unspecified atom stereocenters. The molecule has 0 radical (unpaired) electrons. The van der Waals surface area contributed by atoms with E-state index in [0.29, 0.717) is 0 Å². The molecule has 0 spiro atoms. The van der Waals surface area contributed by atoms with Crippen LogP contribution in [0, 0.1) is 0 Å². The monoisotopic (exact) mass is 118 g/mol. The van der Waals surface area contributed by atoms with Gasteiger partial charge in [-0.05, 0) is 25.2 Å². The maximum atomic E-state index is 5.18. The van der Waals surface area contributed by atoms with Gasteiger partial charge in [0, 0.05) is 15.3 Å². The number of rotatable bonds is 1. The quantitative estimate of drug-likeness (QED) is 0.477. The van der Waals surface area contributed by atoms with Gasteiger partial charge in [0.2, 0.25) is 0 Å². The summed E-state index contributed by atoms with van der Waals surface area (Å²) < 4.78 is 5.18. The molecule has 0 N–H and O–H groups in total. The molecular formula is C5H11OP. The van der Waals surface area contributed by atoms with E-state index in [-0.39, 0.29) is 8.15 Å². The zero-order valence-corrected chi connectivity index (χ0v) is 5.58. The van der Waals surface area contributed by atoms with Gasteiger partial charge < -0.3 is 4.52 Å². The van der Waals surface area contributed by atoms with Crippen molar-refractivity contribution in [2.75, 3.05) is 19.4 Å². The predicted octanol–water partition coefficient (Wildman–Crippen LogP) is 1.82. The summed E-state index contributed by atoms with van der Waals surface area (Å²) in [5.41, 5.74) is 0. The summed E-state index contributed by atoms with van der Waals surface area (Å²) in [6.07, 6.45) is 5.51. The van der Waals surface area contributed by atoms with Crippen LogP contribution in [0.1, 0.15) is 12.8 Å². The van der Waals surface area contributed by atoms with Crippen LogP contribution in [0.4, 0.5) is 0 Å². The molecule has 1 saturated heterocycles. The second-order valence-electron chi connectivity index (χ2n) is 1.82. The van der Waals surface area contributed by atoms with Crippen molar-refractivity contribution in [2.24, 2.45) is 0 Å². The van der Waals surface area contributed by atoms with Crippen LogP contribution in [0.3, 0.4) is 0 Å². The first-order valence-electron chi connectivity index (χ1n) is 2.72. The van der Waals surface area contributed by atoms with E-state index in [4.69, 9.17) is 4.52 Å². The normalized spacial score (nSPS) is 23.6. The van der Waals surface area contributed by atoms with Crippen molar-refractivity contribution in [1.29, 1.82) is 0 Å². The average molecular weight is 118 g/mol. The Kier molecular flexibility index (Phi) is 2.08. The van der Waals surface area contributed by atoms with Crippen molar-refractivity contribution < 1.29 is 4.52 Å². The van der Waals surface area contributed by atoms with Crippen molar-refractivity contribution in [2.45, 2.75) is 12.8 Å². The number of hydrogen-bond acceptors (Lipinski definition) is 1. The maximum Gasteiger partial charge on any atom is 0.0398 e. The van der Waals surface area contributed by atoms with Crippen LogP contribution in [0.25, 0.3) is 0 Å². The lowest BCUT2D eigenvalue weighted by molar-refractivity contribution is 0.464. The van der Waals surface area contributed by atoms with Gasteiger partial charge in [-0.15, -0.1) is 0 Å². The predicted molar refractivity (Wildman–Crippen MR) is 32.9 cm³/mol. The average Bonchev–Trinajstić information content (AvgIpc) is 2.14. The number of hydrogen-bond donors (Lipinski definition) is 0. The minimum Gasteiger partial charge on any atom is -0.362 e. The Bertz CT molecular complexity index is 50.0. The smallest absolute Gasteiger partial charge is 0.0398 e. The van der Waals surface area contributed by atoms with Gasteiger partial charge in [-0.1, -0.05) is 0 Å². The van der Waals surface area contributed by atoms with E-state index in [1.54, 1.807) is 0 Å². The maximum absolute atomic E-state index is 5.18. The van der Waals surface area contributed by atoms with Gasteiger partial charge >= 0.3 is 0 Å². The summed E-state index contributed by atoms with van der Waals surface area (Å²) in [5.74, 6) is 0. The third-order valence-corrected chi connectivity index (χ3v) is 3.47. The van der Waals surface area contributed by atoms with E-state index < -0.39 is 0 Å². The molecule has 0 saturated carbocycles. The third kappa shape index (κ3) is 1.40. The Hall–Kier alpha value is 0.390. The fourth-order valence-electron chi connectivity index (χ4n) is 0.871. The molecule has 0 amide bonds. The largest absolute Gasteiger partial charge is 0.362 e. The second-order valence-corrected chi connectivity index (χ2v) is 4.04. The summed E-state index contributed by atoms with van der Waals surface area (Å²) in [6.45, 7) is 0. The summed E-state index contributed by atoms with van der Waals surface area (Å²) >= 11 is 0. The molecule has 1 fully saturated rings. The molecule has 2 heteroatoms. The highest BCUT2D eigenvalue weighted by molar-refractivity contribution is 7.52. The fourth-order valence-corrected chi connectivity index (χ4v) is 2.61. The molecule has 42 valence electrons. The van der Waals surface area contributed by atoms with Gasteiger partial charge in [0.05, 0.1) is 0 Å². The van der Waals surface area contributed by atoms with Crippen LogP contribution in [0.2, 0.25) is 0 Å². The third-order valence-electron chi connectivity index (χ3n) is 1.32. The minimum absolute atomic E-state index is 0.0571. The molecule has 0 aliphatic carbocycles. The van der Waals surface area contributed by atoms with E-state index in [9.17, 15) is 0 Å². The summed E-state index contributed by atoms with van der Waals surface area (Å²) in [6, 6.07) is 0. The molecule has 0 bridgehead atoms. The van der Waals surface area contributed by atoms with Crippen LogP contribution >= 0.6 is 8.15 Å². The standard InChI is InChI=1S/C5H11OP/c1-6-7-4-2-3-5-7/h2-5H2,1H3. The van der Waals surface area contributed by atoms with Crippen molar-refractivity contribution in [1.82, 2.24) is 0 Å². The zero-order chi connectivity index (χ0) is 5.11. The highest BCUT2D eigenvalue weighted by atomic mass is 31.1. The Morgan fingerprint density at radius 2 is 1.86 bits per heavy atom. The van der Waals surface area contributed by atoms with Crippen LogP contribution < -0.4 is 0 Å². The van der Waals surface area contributed by atoms with Gasteiger partial charge in [-0.2, -0.15) is 0 Å². The zero-order valence-electron chi connectivity index (χ0n) is 4.68. The molecule has 0 atom stereocenters. The van der Waals surface area contributed by atoms with Crippen LogP contribution in [-0.2, 0) is 4.52 Å². The summed E-state index contributed by atoms with van der Waals surface area (Å²) in [7, 11) is 1.89. The van der Waals surface area contributed by atoms with Crippen molar-refractivity contribution in [3.05, 3.63) is 0 Å². The molecule has 1 nitrogen and oxygen atoms in total. The van der Waals surface area contributed by atoms with E-state index in [0.717, 1.165) is 0 Å². The lowest BCUT2D eigenvalue weighted by Crippen LogP contribution is -1.75. The summed E-state index contributed by atoms with van der Waals surface area (Å²) in [4.78, 5) is 0. The van der Waals surface area contributed by atoms with Gasteiger partial charge in [0.25, 0.3) is 0 Å². The van der Waals surface area contributed by atoms with E-state index in [2.05, 4.69) is 0 Å². The molecule has 1 aliphatic rings. The van der Waals surface area contributed by atoms with E-state index in [1.165, 1.54) is 25.2 Å². The Morgan fingerprint density at radius 1 is 1.29 bits per heavy atom. The molecule has 1 aliphatic heterocycles. The topological polar surface area (TPSA) is 9.23 Å².